The lowest BCUT2D eigenvalue weighted by Gasteiger charge is -2.31. The van der Waals surface area contributed by atoms with Crippen LogP contribution in [0.25, 0.3) is 0 Å². The average Bonchev–Trinajstić information content (AvgIpc) is 3.20. The summed E-state index contributed by atoms with van der Waals surface area (Å²) in [7, 11) is 0. The lowest BCUT2D eigenvalue weighted by Crippen LogP contribution is -2.45. The van der Waals surface area contributed by atoms with E-state index in [9.17, 15) is 18.8 Å². The van der Waals surface area contributed by atoms with Crippen LogP contribution in [0.2, 0.25) is 5.02 Å². The van der Waals surface area contributed by atoms with E-state index in [4.69, 9.17) is 11.6 Å². The SMILES string of the molecule is O=C(NC1CCCCNC1=O)c1csc(C2CCN(C(=O)c3c(F)cccc3Cl)CC2)n1. The predicted octanol–water partition coefficient (Wildman–Crippen LogP) is 3.35. The Labute approximate surface area is 194 Å². The van der Waals surface area contributed by atoms with Gasteiger partial charge in [-0.25, -0.2) is 9.37 Å². The van der Waals surface area contributed by atoms with Crippen LogP contribution in [-0.4, -0.2) is 53.3 Å². The molecular formula is C22H24ClFN4O3S. The van der Waals surface area contributed by atoms with E-state index in [2.05, 4.69) is 15.6 Å². The first-order chi connectivity index (χ1) is 15.4. The van der Waals surface area contributed by atoms with Crippen molar-refractivity contribution < 1.29 is 18.8 Å². The largest absolute Gasteiger partial charge is 0.354 e. The maximum absolute atomic E-state index is 14.1. The molecule has 10 heteroatoms. The number of amides is 3. The molecule has 2 aliphatic rings. The average molecular weight is 479 g/mol. The van der Waals surface area contributed by atoms with Crippen LogP contribution in [-0.2, 0) is 4.79 Å². The van der Waals surface area contributed by atoms with Gasteiger partial charge in [-0.15, -0.1) is 11.3 Å². The molecule has 3 amide bonds. The molecule has 170 valence electrons. The fourth-order valence-corrected chi connectivity index (χ4v) is 5.29. The second kappa shape index (κ2) is 9.95. The molecule has 2 aromatic rings. The van der Waals surface area contributed by atoms with Crippen LogP contribution >= 0.6 is 22.9 Å². The summed E-state index contributed by atoms with van der Waals surface area (Å²) >= 11 is 7.43. The summed E-state index contributed by atoms with van der Waals surface area (Å²) in [6.07, 6.45) is 3.73. The zero-order chi connectivity index (χ0) is 22.7. The maximum atomic E-state index is 14.1. The highest BCUT2D eigenvalue weighted by molar-refractivity contribution is 7.09. The molecule has 0 aliphatic carbocycles. The number of thiazole rings is 1. The molecular weight excluding hydrogens is 455 g/mol. The van der Waals surface area contributed by atoms with Gasteiger partial charge in [-0.05, 0) is 44.2 Å². The monoisotopic (exact) mass is 478 g/mol. The summed E-state index contributed by atoms with van der Waals surface area (Å²) in [5.74, 6) is -1.42. The highest BCUT2D eigenvalue weighted by Gasteiger charge is 2.30. The van der Waals surface area contributed by atoms with Crippen molar-refractivity contribution in [2.75, 3.05) is 19.6 Å². The second-order valence-corrected chi connectivity index (χ2v) is 9.34. The fourth-order valence-electron chi connectivity index (χ4n) is 4.08. The normalized spacial score (nSPS) is 19.9. The van der Waals surface area contributed by atoms with E-state index in [-0.39, 0.29) is 28.3 Å². The highest BCUT2D eigenvalue weighted by Crippen LogP contribution is 2.32. The Bertz CT molecular complexity index is 1000. The van der Waals surface area contributed by atoms with Crippen LogP contribution in [0.3, 0.4) is 0 Å². The highest BCUT2D eigenvalue weighted by atomic mass is 35.5. The van der Waals surface area contributed by atoms with Crippen molar-refractivity contribution in [1.82, 2.24) is 20.5 Å². The molecule has 1 aromatic heterocycles. The number of halogens is 2. The van der Waals surface area contributed by atoms with Gasteiger partial charge in [0, 0.05) is 30.9 Å². The van der Waals surface area contributed by atoms with Gasteiger partial charge in [-0.1, -0.05) is 17.7 Å². The number of likely N-dealkylation sites (tertiary alicyclic amines) is 1. The van der Waals surface area contributed by atoms with Gasteiger partial charge in [0.1, 0.15) is 17.6 Å². The summed E-state index contributed by atoms with van der Waals surface area (Å²) in [6.45, 7) is 1.55. The number of carbonyl (C=O) groups excluding carboxylic acids is 3. The third kappa shape index (κ3) is 4.94. The zero-order valence-corrected chi connectivity index (χ0v) is 19.0. The van der Waals surface area contributed by atoms with E-state index < -0.39 is 17.8 Å². The van der Waals surface area contributed by atoms with Crippen molar-refractivity contribution in [1.29, 1.82) is 0 Å². The predicted molar refractivity (Wildman–Crippen MR) is 120 cm³/mol. The molecule has 2 saturated heterocycles. The molecule has 1 aromatic carbocycles. The van der Waals surface area contributed by atoms with Crippen LogP contribution < -0.4 is 10.6 Å². The van der Waals surface area contributed by atoms with Crippen molar-refractivity contribution in [3.8, 4) is 0 Å². The summed E-state index contributed by atoms with van der Waals surface area (Å²) in [5, 5.41) is 8.23. The van der Waals surface area contributed by atoms with Gasteiger partial charge in [0.2, 0.25) is 5.91 Å². The van der Waals surface area contributed by atoms with Crippen LogP contribution in [0.5, 0.6) is 0 Å². The maximum Gasteiger partial charge on any atom is 0.271 e. The number of hydrogen-bond donors (Lipinski definition) is 2. The Hall–Kier alpha value is -2.52. The molecule has 1 atom stereocenters. The van der Waals surface area contributed by atoms with Crippen molar-refractivity contribution in [3.05, 3.63) is 50.7 Å². The summed E-state index contributed by atoms with van der Waals surface area (Å²) in [6, 6.07) is 3.67. The minimum absolute atomic E-state index is 0.0941. The van der Waals surface area contributed by atoms with Crippen LogP contribution in [0.15, 0.2) is 23.6 Å². The van der Waals surface area contributed by atoms with Crippen LogP contribution in [0.1, 0.15) is 63.9 Å². The number of hydrogen-bond acceptors (Lipinski definition) is 5. The van der Waals surface area contributed by atoms with Crippen molar-refractivity contribution >= 4 is 40.7 Å². The third-order valence-electron chi connectivity index (χ3n) is 5.90. The fraction of sp³-hybridized carbons (Fsp3) is 0.455. The van der Waals surface area contributed by atoms with Crippen molar-refractivity contribution in [2.24, 2.45) is 0 Å². The molecule has 0 saturated carbocycles. The third-order valence-corrected chi connectivity index (χ3v) is 7.23. The number of benzene rings is 1. The van der Waals surface area contributed by atoms with Gasteiger partial charge in [0.25, 0.3) is 11.8 Å². The number of carbonyl (C=O) groups is 3. The van der Waals surface area contributed by atoms with Gasteiger partial charge in [0.15, 0.2) is 0 Å². The number of rotatable bonds is 4. The molecule has 2 aliphatic heterocycles. The number of nitrogens with zero attached hydrogens (tertiary/aromatic N) is 2. The topological polar surface area (TPSA) is 91.4 Å². The molecule has 0 spiro atoms. The lowest BCUT2D eigenvalue weighted by molar-refractivity contribution is -0.122. The Morgan fingerprint density at radius 1 is 1.22 bits per heavy atom. The minimum Gasteiger partial charge on any atom is -0.354 e. The smallest absolute Gasteiger partial charge is 0.271 e. The Morgan fingerprint density at radius 3 is 2.75 bits per heavy atom. The minimum atomic E-state index is -0.623. The van der Waals surface area contributed by atoms with Crippen LogP contribution in [0.4, 0.5) is 4.39 Å². The Kier molecular flexibility index (Phi) is 7.05. The van der Waals surface area contributed by atoms with Crippen molar-refractivity contribution in [3.63, 3.8) is 0 Å². The Balaban J connectivity index is 1.35. The summed E-state index contributed by atoms with van der Waals surface area (Å²) in [5.41, 5.74) is 0.210. The second-order valence-electron chi connectivity index (χ2n) is 8.05. The van der Waals surface area contributed by atoms with Gasteiger partial charge < -0.3 is 15.5 Å². The quantitative estimate of drug-likeness (QED) is 0.705. The lowest BCUT2D eigenvalue weighted by atomic mass is 9.97. The standard InChI is InChI=1S/C22H24ClFN4O3S/c23-14-4-3-5-15(24)18(14)22(31)28-10-7-13(8-11-28)21-27-17(12-32-21)20(30)26-16-6-1-2-9-25-19(16)29/h3-5,12-13,16H,1-2,6-11H2,(H,25,29)(H,26,30). The first kappa shape index (κ1) is 22.7. The molecule has 0 bridgehead atoms. The number of piperidine rings is 1. The van der Waals surface area contributed by atoms with E-state index in [0.717, 1.165) is 17.8 Å². The molecule has 32 heavy (non-hydrogen) atoms. The van der Waals surface area contributed by atoms with E-state index in [1.165, 1.54) is 29.5 Å². The van der Waals surface area contributed by atoms with Gasteiger partial charge in [-0.2, -0.15) is 0 Å². The first-order valence-electron chi connectivity index (χ1n) is 10.7. The summed E-state index contributed by atoms with van der Waals surface area (Å²) in [4.78, 5) is 43.5. The van der Waals surface area contributed by atoms with E-state index in [1.807, 2.05) is 0 Å². The van der Waals surface area contributed by atoms with Gasteiger partial charge in [-0.3, -0.25) is 14.4 Å². The molecule has 1 unspecified atom stereocenters. The number of aromatic nitrogens is 1. The zero-order valence-electron chi connectivity index (χ0n) is 17.4. The summed E-state index contributed by atoms with van der Waals surface area (Å²) < 4.78 is 14.1. The molecule has 7 nitrogen and oxygen atoms in total. The van der Waals surface area contributed by atoms with E-state index in [0.29, 0.717) is 44.6 Å². The molecule has 2 N–H and O–H groups in total. The number of nitrogens with one attached hydrogen (secondary N) is 2. The molecule has 2 fully saturated rings. The van der Waals surface area contributed by atoms with Crippen LogP contribution in [0, 0.1) is 5.82 Å². The van der Waals surface area contributed by atoms with Gasteiger partial charge >= 0.3 is 0 Å². The first-order valence-corrected chi connectivity index (χ1v) is 12.0. The molecule has 4 rings (SSSR count). The van der Waals surface area contributed by atoms with E-state index >= 15 is 0 Å². The molecule has 3 heterocycles. The Morgan fingerprint density at radius 2 is 2.00 bits per heavy atom. The molecule has 0 radical (unpaired) electrons. The van der Waals surface area contributed by atoms with Gasteiger partial charge in [0.05, 0.1) is 15.6 Å². The van der Waals surface area contributed by atoms with Crippen molar-refractivity contribution in [2.45, 2.75) is 44.1 Å². The van der Waals surface area contributed by atoms with E-state index in [1.54, 1.807) is 10.3 Å².